The van der Waals surface area contributed by atoms with Crippen LogP contribution >= 0.6 is 17.0 Å². The number of nitrogens with two attached hydrogens (primary N) is 1. The highest BCUT2D eigenvalue weighted by atomic mass is 79.9. The minimum absolute atomic E-state index is 0. The van der Waals surface area contributed by atoms with E-state index in [1.807, 2.05) is 0 Å². The van der Waals surface area contributed by atoms with Gasteiger partial charge in [-0.05, 0) is 30.7 Å². The summed E-state index contributed by atoms with van der Waals surface area (Å²) in [5.74, 6) is -1.13. The first-order chi connectivity index (χ1) is 5.65. The van der Waals surface area contributed by atoms with Crippen LogP contribution in [0.3, 0.4) is 0 Å². The maximum atomic E-state index is 9.06. The predicted molar refractivity (Wildman–Crippen MR) is 54.5 cm³/mol. The molecule has 0 unspecified atom stereocenters. The molecule has 0 aromatic heterocycles. The van der Waals surface area contributed by atoms with E-state index >= 15 is 0 Å². The molecule has 0 aliphatic rings. The lowest BCUT2D eigenvalue weighted by Gasteiger charge is -2.03. The van der Waals surface area contributed by atoms with E-state index in [2.05, 4.69) is 0 Å². The van der Waals surface area contributed by atoms with Crippen LogP contribution in [-0.4, -0.2) is 21.9 Å². The Balaban J connectivity index is 0.00000144. The first-order valence-electron chi connectivity index (χ1n) is 3.59. The second kappa shape index (κ2) is 4.94. The second-order valence-corrected chi connectivity index (χ2v) is 2.52. The molecule has 5 heteroatoms. The summed E-state index contributed by atoms with van der Waals surface area (Å²) in [6.45, 7) is 0.434. The zero-order valence-corrected chi connectivity index (χ0v) is 8.61. The van der Waals surface area contributed by atoms with Gasteiger partial charge in [-0.25, -0.2) is 0 Å². The quantitative estimate of drug-likeness (QED) is 0.587. The van der Waals surface area contributed by atoms with E-state index in [0.29, 0.717) is 18.5 Å². The first-order valence-corrected chi connectivity index (χ1v) is 3.59. The van der Waals surface area contributed by atoms with Gasteiger partial charge in [-0.1, -0.05) is 0 Å². The highest BCUT2D eigenvalue weighted by molar-refractivity contribution is 8.93. The third-order valence-corrected chi connectivity index (χ3v) is 1.56. The van der Waals surface area contributed by atoms with Crippen molar-refractivity contribution in [1.29, 1.82) is 0 Å². The number of phenols is 3. The van der Waals surface area contributed by atoms with E-state index in [1.54, 1.807) is 0 Å². The monoisotopic (exact) mass is 249 g/mol. The van der Waals surface area contributed by atoms with Gasteiger partial charge in [0.05, 0.1) is 0 Å². The molecule has 13 heavy (non-hydrogen) atoms. The van der Waals surface area contributed by atoms with Gasteiger partial charge in [0.2, 0.25) is 0 Å². The number of aromatic hydroxyl groups is 3. The van der Waals surface area contributed by atoms with Crippen LogP contribution in [0.5, 0.6) is 17.2 Å². The zero-order valence-electron chi connectivity index (χ0n) is 6.90. The van der Waals surface area contributed by atoms with Gasteiger partial charge in [0.1, 0.15) is 0 Å². The van der Waals surface area contributed by atoms with E-state index in [0.717, 1.165) is 0 Å². The van der Waals surface area contributed by atoms with Crippen LogP contribution < -0.4 is 5.73 Å². The SMILES string of the molecule is Br.NCCc1cc(O)c(O)c(O)c1. The van der Waals surface area contributed by atoms with Crippen LogP contribution in [0.25, 0.3) is 0 Å². The van der Waals surface area contributed by atoms with Gasteiger partial charge in [-0.2, -0.15) is 0 Å². The van der Waals surface area contributed by atoms with Crippen molar-refractivity contribution in [2.75, 3.05) is 6.54 Å². The summed E-state index contributed by atoms with van der Waals surface area (Å²) in [6.07, 6.45) is 0.557. The molecule has 0 saturated carbocycles. The van der Waals surface area contributed by atoms with Gasteiger partial charge in [0.15, 0.2) is 17.2 Å². The molecule has 0 aliphatic carbocycles. The molecule has 0 bridgehead atoms. The van der Waals surface area contributed by atoms with Crippen molar-refractivity contribution in [2.45, 2.75) is 6.42 Å². The van der Waals surface area contributed by atoms with Gasteiger partial charge in [0, 0.05) is 0 Å². The fourth-order valence-corrected chi connectivity index (χ4v) is 0.972. The van der Waals surface area contributed by atoms with Crippen LogP contribution in [-0.2, 0) is 6.42 Å². The molecule has 5 N–H and O–H groups in total. The average molecular weight is 250 g/mol. The molecule has 1 aromatic rings. The first kappa shape index (κ1) is 12.1. The second-order valence-electron chi connectivity index (χ2n) is 2.52. The van der Waals surface area contributed by atoms with E-state index in [4.69, 9.17) is 21.1 Å². The Morgan fingerprint density at radius 1 is 1.08 bits per heavy atom. The lowest BCUT2D eigenvalue weighted by Crippen LogP contribution is -2.02. The van der Waals surface area contributed by atoms with Crippen LogP contribution in [0, 0.1) is 0 Å². The number of halogens is 1. The molecule has 0 radical (unpaired) electrons. The molecule has 0 fully saturated rings. The van der Waals surface area contributed by atoms with Crippen molar-refractivity contribution in [3.8, 4) is 17.2 Å². The van der Waals surface area contributed by atoms with Crippen molar-refractivity contribution < 1.29 is 15.3 Å². The Morgan fingerprint density at radius 3 is 1.92 bits per heavy atom. The Kier molecular flexibility index (Phi) is 4.58. The summed E-state index contributed by atoms with van der Waals surface area (Å²) >= 11 is 0. The molecule has 4 nitrogen and oxygen atoms in total. The van der Waals surface area contributed by atoms with Gasteiger partial charge in [-0.3, -0.25) is 0 Å². The highest BCUT2D eigenvalue weighted by Crippen LogP contribution is 2.35. The molecule has 0 atom stereocenters. The average Bonchev–Trinajstić information content (AvgIpc) is 2.01. The largest absolute Gasteiger partial charge is 0.504 e. The summed E-state index contributed by atoms with van der Waals surface area (Å²) < 4.78 is 0. The number of phenolic OH excluding ortho intramolecular Hbond substituents is 3. The minimum atomic E-state index is -0.490. The molecule has 1 rings (SSSR count). The molecule has 74 valence electrons. The van der Waals surface area contributed by atoms with Gasteiger partial charge in [0.25, 0.3) is 0 Å². The maximum Gasteiger partial charge on any atom is 0.200 e. The van der Waals surface area contributed by atoms with Gasteiger partial charge >= 0.3 is 0 Å². The number of hydrogen-bond donors (Lipinski definition) is 4. The molecule has 0 heterocycles. The van der Waals surface area contributed by atoms with E-state index in [9.17, 15) is 0 Å². The predicted octanol–water partition coefficient (Wildman–Crippen LogP) is 0.882. The Bertz CT molecular complexity index is 268. The lowest BCUT2D eigenvalue weighted by atomic mass is 10.1. The summed E-state index contributed by atoms with van der Waals surface area (Å²) in [5, 5.41) is 27.1. The highest BCUT2D eigenvalue weighted by Gasteiger charge is 2.06. The van der Waals surface area contributed by atoms with Crippen molar-refractivity contribution >= 4 is 17.0 Å². The van der Waals surface area contributed by atoms with Crippen molar-refractivity contribution in [3.05, 3.63) is 17.7 Å². The Morgan fingerprint density at radius 2 is 1.54 bits per heavy atom. The summed E-state index contributed by atoms with van der Waals surface area (Å²) in [5.41, 5.74) is 5.97. The van der Waals surface area contributed by atoms with Crippen LogP contribution in [0.4, 0.5) is 0 Å². The normalized spacial score (nSPS) is 9.31. The molecule has 0 amide bonds. The van der Waals surface area contributed by atoms with Crippen LogP contribution in [0.15, 0.2) is 12.1 Å². The third-order valence-electron chi connectivity index (χ3n) is 1.56. The van der Waals surface area contributed by atoms with Crippen molar-refractivity contribution in [2.24, 2.45) is 5.73 Å². The number of rotatable bonds is 2. The van der Waals surface area contributed by atoms with Crippen LogP contribution in [0.2, 0.25) is 0 Å². The molecular formula is C8H12BrNO3. The van der Waals surface area contributed by atoms with Gasteiger partial charge < -0.3 is 21.1 Å². The standard InChI is InChI=1S/C8H11NO3.BrH/c9-2-1-5-3-6(10)8(12)7(11)4-5;/h3-4,10-12H,1-2,9H2;1H. The smallest absolute Gasteiger partial charge is 0.200 e. The van der Waals surface area contributed by atoms with Gasteiger partial charge in [-0.15, -0.1) is 17.0 Å². The lowest BCUT2D eigenvalue weighted by molar-refractivity contribution is 0.367. The fourth-order valence-electron chi connectivity index (χ4n) is 0.972. The maximum absolute atomic E-state index is 9.06. The van der Waals surface area contributed by atoms with E-state index in [-0.39, 0.29) is 28.5 Å². The topological polar surface area (TPSA) is 86.7 Å². The summed E-state index contributed by atoms with van der Waals surface area (Å²) in [7, 11) is 0. The van der Waals surface area contributed by atoms with Crippen molar-refractivity contribution in [1.82, 2.24) is 0 Å². The number of hydrogen-bond acceptors (Lipinski definition) is 4. The molecular weight excluding hydrogens is 238 g/mol. The summed E-state index contributed by atoms with van der Waals surface area (Å²) in [4.78, 5) is 0. The fraction of sp³-hybridized carbons (Fsp3) is 0.250. The molecule has 0 aliphatic heterocycles. The zero-order chi connectivity index (χ0) is 9.14. The van der Waals surface area contributed by atoms with E-state index in [1.165, 1.54) is 12.1 Å². The van der Waals surface area contributed by atoms with Crippen molar-refractivity contribution in [3.63, 3.8) is 0 Å². The van der Waals surface area contributed by atoms with E-state index < -0.39 is 5.75 Å². The minimum Gasteiger partial charge on any atom is -0.504 e. The summed E-state index contributed by atoms with van der Waals surface area (Å²) in [6, 6.07) is 2.75. The molecule has 0 spiro atoms. The Labute approximate surface area is 86.4 Å². The molecule has 0 saturated heterocycles. The number of benzene rings is 1. The third kappa shape index (κ3) is 2.78. The molecule has 1 aromatic carbocycles. The Hall–Kier alpha value is -0.940. The van der Waals surface area contributed by atoms with Crippen LogP contribution in [0.1, 0.15) is 5.56 Å².